The fourth-order valence-corrected chi connectivity index (χ4v) is 1.69. The van der Waals surface area contributed by atoms with E-state index in [-0.39, 0.29) is 5.69 Å². The van der Waals surface area contributed by atoms with E-state index in [9.17, 15) is 9.59 Å². The third-order valence-corrected chi connectivity index (χ3v) is 2.81. The maximum Gasteiger partial charge on any atom is 0.326 e. The Balaban J connectivity index is 2.13. The zero-order valence-corrected chi connectivity index (χ0v) is 10.9. The molecule has 0 bridgehead atoms. The second kappa shape index (κ2) is 6.01. The van der Waals surface area contributed by atoms with Gasteiger partial charge in [-0.3, -0.25) is 4.79 Å². The van der Waals surface area contributed by atoms with Gasteiger partial charge in [-0.15, -0.1) is 0 Å². The lowest BCUT2D eigenvalue weighted by Crippen LogP contribution is -2.40. The van der Waals surface area contributed by atoms with E-state index in [1.807, 2.05) is 30.3 Å². The van der Waals surface area contributed by atoms with Crippen molar-refractivity contribution < 1.29 is 19.2 Å². The van der Waals surface area contributed by atoms with Crippen molar-refractivity contribution in [3.05, 3.63) is 42.1 Å². The minimum Gasteiger partial charge on any atom is -0.480 e. The third-order valence-electron chi connectivity index (χ3n) is 2.81. The summed E-state index contributed by atoms with van der Waals surface area (Å²) in [5.74, 6) is -1.18. The highest BCUT2D eigenvalue weighted by Gasteiger charge is 2.21. The number of nitrogens with zero attached hydrogens (tertiary/aromatic N) is 1. The Labute approximate surface area is 115 Å². The number of carbonyl (C=O) groups is 2. The molecule has 0 aliphatic rings. The second-order valence-electron chi connectivity index (χ2n) is 4.21. The predicted molar refractivity (Wildman–Crippen MR) is 71.1 cm³/mol. The van der Waals surface area contributed by atoms with Gasteiger partial charge in [0.1, 0.15) is 6.04 Å². The molecule has 0 aliphatic carbocycles. The van der Waals surface area contributed by atoms with Crippen LogP contribution in [-0.2, 0) is 4.79 Å². The summed E-state index contributed by atoms with van der Waals surface area (Å²) >= 11 is 0. The van der Waals surface area contributed by atoms with E-state index in [2.05, 4.69) is 10.5 Å². The Hall–Kier alpha value is -2.63. The van der Waals surface area contributed by atoms with Gasteiger partial charge >= 0.3 is 5.97 Å². The van der Waals surface area contributed by atoms with Gasteiger partial charge in [-0.05, 0) is 6.42 Å². The van der Waals surface area contributed by atoms with Gasteiger partial charge in [0, 0.05) is 11.6 Å². The van der Waals surface area contributed by atoms with Crippen LogP contribution in [0.1, 0.15) is 23.8 Å². The summed E-state index contributed by atoms with van der Waals surface area (Å²) in [6.45, 7) is 1.68. The molecule has 1 amide bonds. The third kappa shape index (κ3) is 3.03. The molecular weight excluding hydrogens is 260 g/mol. The molecule has 1 atom stereocenters. The number of nitrogens with one attached hydrogen (secondary N) is 1. The van der Waals surface area contributed by atoms with Crippen molar-refractivity contribution in [2.24, 2.45) is 0 Å². The fourth-order valence-electron chi connectivity index (χ4n) is 1.69. The van der Waals surface area contributed by atoms with Crippen molar-refractivity contribution >= 4 is 11.9 Å². The van der Waals surface area contributed by atoms with E-state index in [4.69, 9.17) is 9.63 Å². The summed E-state index contributed by atoms with van der Waals surface area (Å²) in [4.78, 5) is 22.7. The van der Waals surface area contributed by atoms with Gasteiger partial charge in [-0.1, -0.05) is 42.4 Å². The molecular formula is C14H14N2O4. The number of aromatic nitrogens is 1. The Morgan fingerprint density at radius 3 is 2.65 bits per heavy atom. The van der Waals surface area contributed by atoms with Crippen molar-refractivity contribution in [2.45, 2.75) is 19.4 Å². The number of carbonyl (C=O) groups excluding carboxylic acids is 1. The van der Waals surface area contributed by atoms with E-state index in [0.717, 1.165) is 5.56 Å². The smallest absolute Gasteiger partial charge is 0.326 e. The normalized spacial score (nSPS) is 11.8. The molecule has 2 aromatic rings. The molecule has 1 aromatic heterocycles. The molecule has 0 radical (unpaired) electrons. The molecule has 0 spiro atoms. The quantitative estimate of drug-likeness (QED) is 0.869. The van der Waals surface area contributed by atoms with Gasteiger partial charge < -0.3 is 14.9 Å². The van der Waals surface area contributed by atoms with Crippen LogP contribution >= 0.6 is 0 Å². The molecule has 0 unspecified atom stereocenters. The molecule has 2 rings (SSSR count). The average Bonchev–Trinajstić information content (AvgIpc) is 2.95. The van der Waals surface area contributed by atoms with Crippen molar-refractivity contribution in [1.29, 1.82) is 0 Å². The number of aliphatic carboxylic acids is 1. The van der Waals surface area contributed by atoms with Gasteiger partial charge in [0.15, 0.2) is 11.5 Å². The molecule has 20 heavy (non-hydrogen) atoms. The molecule has 6 nitrogen and oxygen atoms in total. The van der Waals surface area contributed by atoms with E-state index in [1.54, 1.807) is 6.92 Å². The van der Waals surface area contributed by atoms with Crippen LogP contribution in [0.5, 0.6) is 0 Å². The first kappa shape index (κ1) is 13.8. The standard InChI is InChI=1S/C14H14N2O4/c1-2-10(14(18)19)15-13(17)11-8-12(20-16-11)9-6-4-3-5-7-9/h3-8,10H,2H2,1H3,(H,15,17)(H,18,19)/t10-/m0/s1. The van der Waals surface area contributed by atoms with E-state index in [1.165, 1.54) is 6.07 Å². The lowest BCUT2D eigenvalue weighted by molar-refractivity contribution is -0.139. The lowest BCUT2D eigenvalue weighted by atomic mass is 10.1. The SMILES string of the molecule is CC[C@H](NC(=O)c1cc(-c2ccccc2)on1)C(=O)O. The van der Waals surface area contributed by atoms with Crippen LogP contribution in [-0.4, -0.2) is 28.2 Å². The summed E-state index contributed by atoms with van der Waals surface area (Å²) in [5, 5.41) is 14.9. The molecule has 1 heterocycles. The molecule has 0 fully saturated rings. The monoisotopic (exact) mass is 274 g/mol. The molecule has 0 aliphatic heterocycles. The highest BCUT2D eigenvalue weighted by molar-refractivity contribution is 5.95. The van der Waals surface area contributed by atoms with Gasteiger partial charge in [-0.2, -0.15) is 0 Å². The molecule has 0 saturated carbocycles. The van der Waals surface area contributed by atoms with Crippen LogP contribution < -0.4 is 5.32 Å². The first-order valence-corrected chi connectivity index (χ1v) is 6.17. The molecule has 2 N–H and O–H groups in total. The summed E-state index contributed by atoms with van der Waals surface area (Å²) in [5.41, 5.74) is 0.855. The zero-order valence-electron chi connectivity index (χ0n) is 10.9. The van der Waals surface area contributed by atoms with Gasteiger partial charge in [-0.25, -0.2) is 4.79 Å². The fraction of sp³-hybridized carbons (Fsp3) is 0.214. The lowest BCUT2D eigenvalue weighted by Gasteiger charge is -2.10. The average molecular weight is 274 g/mol. The maximum absolute atomic E-state index is 11.9. The number of amides is 1. The largest absolute Gasteiger partial charge is 0.480 e. The Morgan fingerprint density at radius 2 is 2.05 bits per heavy atom. The zero-order chi connectivity index (χ0) is 14.5. The number of hydrogen-bond donors (Lipinski definition) is 2. The number of benzene rings is 1. The van der Waals surface area contributed by atoms with E-state index < -0.39 is 17.9 Å². The molecule has 1 aromatic carbocycles. The maximum atomic E-state index is 11.9. The van der Waals surface area contributed by atoms with Crippen LogP contribution in [0, 0.1) is 0 Å². The predicted octanol–water partition coefficient (Wildman–Crippen LogP) is 1.93. The van der Waals surface area contributed by atoms with Crippen LogP contribution in [0.3, 0.4) is 0 Å². The van der Waals surface area contributed by atoms with Crippen molar-refractivity contribution in [3.8, 4) is 11.3 Å². The van der Waals surface area contributed by atoms with Crippen LogP contribution in [0.4, 0.5) is 0 Å². The number of carboxylic acids is 1. The minimum absolute atomic E-state index is 0.0588. The molecule has 104 valence electrons. The Morgan fingerprint density at radius 1 is 1.35 bits per heavy atom. The number of rotatable bonds is 5. The first-order valence-electron chi connectivity index (χ1n) is 6.17. The summed E-state index contributed by atoms with van der Waals surface area (Å²) in [6.07, 6.45) is 0.296. The second-order valence-corrected chi connectivity index (χ2v) is 4.21. The van der Waals surface area contributed by atoms with E-state index >= 15 is 0 Å². The van der Waals surface area contributed by atoms with Gasteiger partial charge in [0.2, 0.25) is 0 Å². The molecule has 0 saturated heterocycles. The topological polar surface area (TPSA) is 92.4 Å². The van der Waals surface area contributed by atoms with Gasteiger partial charge in [0.05, 0.1) is 0 Å². The molecule has 6 heteroatoms. The van der Waals surface area contributed by atoms with E-state index in [0.29, 0.717) is 12.2 Å². The van der Waals surface area contributed by atoms with Crippen molar-refractivity contribution in [2.75, 3.05) is 0 Å². The summed E-state index contributed by atoms with van der Waals surface area (Å²) < 4.78 is 5.09. The van der Waals surface area contributed by atoms with Gasteiger partial charge in [0.25, 0.3) is 5.91 Å². The number of carboxylic acid groups (broad SMARTS) is 1. The Bertz CT molecular complexity index is 607. The van der Waals surface area contributed by atoms with Crippen LogP contribution in [0.15, 0.2) is 40.9 Å². The summed E-state index contributed by atoms with van der Waals surface area (Å²) in [7, 11) is 0. The minimum atomic E-state index is -1.08. The number of hydrogen-bond acceptors (Lipinski definition) is 4. The Kier molecular flexibility index (Phi) is 4.14. The van der Waals surface area contributed by atoms with Crippen molar-refractivity contribution in [1.82, 2.24) is 10.5 Å². The highest BCUT2D eigenvalue weighted by Crippen LogP contribution is 2.19. The first-order chi connectivity index (χ1) is 9.61. The highest BCUT2D eigenvalue weighted by atomic mass is 16.5. The van der Waals surface area contributed by atoms with Crippen molar-refractivity contribution in [3.63, 3.8) is 0 Å². The summed E-state index contributed by atoms with van der Waals surface area (Å²) in [6, 6.07) is 9.76. The van der Waals surface area contributed by atoms with Crippen LogP contribution in [0.25, 0.3) is 11.3 Å². The van der Waals surface area contributed by atoms with Crippen LogP contribution in [0.2, 0.25) is 0 Å².